The monoisotopic (exact) mass is 348 g/mol. The van der Waals surface area contributed by atoms with Crippen LogP contribution in [0.15, 0.2) is 36.4 Å². The van der Waals surface area contributed by atoms with E-state index in [1.165, 1.54) is 10.8 Å². The third-order valence-corrected chi connectivity index (χ3v) is 11.9. The minimum absolute atomic E-state index is 0.636. The second-order valence-corrected chi connectivity index (χ2v) is 13.5. The van der Waals surface area contributed by atoms with Crippen molar-refractivity contribution >= 4 is 30.0 Å². The zero-order valence-corrected chi connectivity index (χ0v) is 17.1. The smallest absolute Gasteiger partial charge is 0.146 e. The molecule has 3 aromatic rings. The maximum atomic E-state index is 4.79. The summed E-state index contributed by atoms with van der Waals surface area (Å²) in [7, 11) is -1.72. The van der Waals surface area contributed by atoms with Crippen LogP contribution in [0.25, 0.3) is 21.9 Å². The Kier molecular flexibility index (Phi) is 4.75. The van der Waals surface area contributed by atoms with E-state index in [2.05, 4.69) is 88.3 Å². The summed E-state index contributed by atoms with van der Waals surface area (Å²) in [6.45, 7) is 14.1. The Balaban J connectivity index is 2.08. The number of pyridine rings is 1. The van der Waals surface area contributed by atoms with Gasteiger partial charge in [0.25, 0.3) is 0 Å². The lowest BCUT2D eigenvalue weighted by Crippen LogP contribution is -2.43. The fourth-order valence-corrected chi connectivity index (χ4v) is 9.61. The first-order valence-electron chi connectivity index (χ1n) is 9.27. The minimum atomic E-state index is -1.72. The van der Waals surface area contributed by atoms with Crippen LogP contribution in [0, 0.1) is 11.5 Å². The van der Waals surface area contributed by atoms with Crippen molar-refractivity contribution in [2.45, 2.75) is 58.2 Å². The van der Waals surface area contributed by atoms with Crippen LogP contribution in [0.4, 0.5) is 0 Å². The molecule has 0 radical (unpaired) electrons. The first-order valence-corrected chi connectivity index (χ1v) is 11.5. The van der Waals surface area contributed by atoms with E-state index >= 15 is 0 Å². The zero-order valence-electron chi connectivity index (χ0n) is 16.1. The summed E-state index contributed by atoms with van der Waals surface area (Å²) < 4.78 is 0. The van der Waals surface area contributed by atoms with Crippen molar-refractivity contribution in [2.24, 2.45) is 0 Å². The molecule has 3 rings (SSSR count). The summed E-state index contributed by atoms with van der Waals surface area (Å²) >= 11 is 0. The SMILES string of the molecule is CC(C)[Si](C#Cc1ccc2c(n1)[nH]c1ccccc12)(C(C)C)C(C)C. The Bertz CT molecular complexity index is 932. The van der Waals surface area contributed by atoms with Gasteiger partial charge in [0.1, 0.15) is 19.4 Å². The first kappa shape index (κ1) is 17.8. The van der Waals surface area contributed by atoms with Crippen molar-refractivity contribution in [2.75, 3.05) is 0 Å². The number of benzene rings is 1. The second-order valence-electron chi connectivity index (χ2n) is 7.91. The standard InChI is InChI=1S/C22H28N2Si/c1-15(2)25(16(3)4,17(5)6)14-13-18-11-12-20-19-9-7-8-10-21(19)24-22(20)23-18/h7-12,15-17H,1-6H3,(H,23,24). The molecule has 1 N–H and O–H groups in total. The van der Waals surface area contributed by atoms with Gasteiger partial charge in [0.05, 0.1) is 0 Å². The number of hydrogen-bond acceptors (Lipinski definition) is 1. The molecule has 2 aromatic heterocycles. The summed E-state index contributed by atoms with van der Waals surface area (Å²) in [5.41, 5.74) is 8.60. The molecule has 3 heteroatoms. The van der Waals surface area contributed by atoms with Crippen molar-refractivity contribution in [1.82, 2.24) is 9.97 Å². The Labute approximate surface area is 152 Å². The van der Waals surface area contributed by atoms with Gasteiger partial charge in [-0.1, -0.05) is 65.7 Å². The van der Waals surface area contributed by atoms with E-state index in [0.717, 1.165) is 16.9 Å². The van der Waals surface area contributed by atoms with Gasteiger partial charge in [-0.3, -0.25) is 0 Å². The van der Waals surface area contributed by atoms with Crippen molar-refractivity contribution < 1.29 is 0 Å². The highest BCUT2D eigenvalue weighted by Crippen LogP contribution is 2.40. The van der Waals surface area contributed by atoms with E-state index in [1.807, 2.05) is 6.07 Å². The molecule has 0 atom stereocenters. The lowest BCUT2D eigenvalue weighted by Gasteiger charge is -2.38. The minimum Gasteiger partial charge on any atom is -0.339 e. The second kappa shape index (κ2) is 6.69. The van der Waals surface area contributed by atoms with Gasteiger partial charge in [0.2, 0.25) is 0 Å². The van der Waals surface area contributed by atoms with E-state index in [0.29, 0.717) is 16.6 Å². The van der Waals surface area contributed by atoms with Crippen LogP contribution in [0.2, 0.25) is 16.6 Å². The van der Waals surface area contributed by atoms with Crippen LogP contribution in [0.5, 0.6) is 0 Å². The molecule has 1 aromatic carbocycles. The average Bonchev–Trinajstić information content (AvgIpc) is 2.92. The highest BCUT2D eigenvalue weighted by molar-refractivity contribution is 6.90. The Hall–Kier alpha value is -2.05. The molecule has 2 nitrogen and oxygen atoms in total. The average molecular weight is 349 g/mol. The number of aromatic amines is 1. The molecule has 0 amide bonds. The predicted octanol–water partition coefficient (Wildman–Crippen LogP) is 6.29. The van der Waals surface area contributed by atoms with Gasteiger partial charge in [-0.2, -0.15) is 0 Å². The van der Waals surface area contributed by atoms with Crippen LogP contribution in [-0.4, -0.2) is 18.0 Å². The van der Waals surface area contributed by atoms with Crippen molar-refractivity contribution in [3.8, 4) is 11.5 Å². The fraction of sp³-hybridized carbons (Fsp3) is 0.409. The normalized spacial score (nSPS) is 12.4. The quantitative estimate of drug-likeness (QED) is 0.437. The Morgan fingerprint density at radius 1 is 0.840 bits per heavy atom. The molecular weight excluding hydrogens is 320 g/mol. The van der Waals surface area contributed by atoms with Gasteiger partial charge >= 0.3 is 0 Å². The molecule has 0 unspecified atom stereocenters. The van der Waals surface area contributed by atoms with E-state index in [4.69, 9.17) is 4.98 Å². The zero-order chi connectivity index (χ0) is 18.2. The highest BCUT2D eigenvalue weighted by Gasteiger charge is 2.41. The molecular formula is C22H28N2Si. The fourth-order valence-electron chi connectivity index (χ4n) is 4.40. The largest absolute Gasteiger partial charge is 0.339 e. The predicted molar refractivity (Wildman–Crippen MR) is 112 cm³/mol. The summed E-state index contributed by atoms with van der Waals surface area (Å²) in [6.07, 6.45) is 0. The van der Waals surface area contributed by atoms with Crippen molar-refractivity contribution in [3.05, 3.63) is 42.1 Å². The number of nitrogens with zero attached hydrogens (tertiary/aromatic N) is 1. The molecule has 0 fully saturated rings. The number of hydrogen-bond donors (Lipinski definition) is 1. The summed E-state index contributed by atoms with van der Waals surface area (Å²) in [5.74, 6) is 3.45. The van der Waals surface area contributed by atoms with E-state index < -0.39 is 8.07 Å². The molecule has 0 aliphatic heterocycles. The van der Waals surface area contributed by atoms with Crippen LogP contribution in [0.1, 0.15) is 47.2 Å². The molecule has 0 bridgehead atoms. The van der Waals surface area contributed by atoms with Crippen molar-refractivity contribution in [1.29, 1.82) is 0 Å². The molecule has 0 spiro atoms. The summed E-state index contributed by atoms with van der Waals surface area (Å²) in [5, 5.41) is 2.39. The molecule has 130 valence electrons. The van der Waals surface area contributed by atoms with Gasteiger partial charge in [-0.25, -0.2) is 4.98 Å². The number of rotatable bonds is 3. The van der Waals surface area contributed by atoms with E-state index in [1.54, 1.807) is 0 Å². The van der Waals surface area contributed by atoms with E-state index in [9.17, 15) is 0 Å². The molecule has 2 heterocycles. The van der Waals surface area contributed by atoms with Gasteiger partial charge < -0.3 is 4.98 Å². The molecule has 25 heavy (non-hydrogen) atoms. The number of aromatic nitrogens is 2. The summed E-state index contributed by atoms with van der Waals surface area (Å²) in [6, 6.07) is 12.6. The number of para-hydroxylation sites is 1. The third-order valence-electron chi connectivity index (χ3n) is 5.64. The number of fused-ring (bicyclic) bond motifs is 3. The topological polar surface area (TPSA) is 28.7 Å². The lowest BCUT2D eigenvalue weighted by molar-refractivity contribution is 0.838. The van der Waals surface area contributed by atoms with E-state index in [-0.39, 0.29) is 0 Å². The maximum Gasteiger partial charge on any atom is 0.146 e. The Morgan fingerprint density at radius 2 is 1.48 bits per heavy atom. The number of nitrogens with one attached hydrogen (secondary N) is 1. The van der Waals surface area contributed by atoms with Gasteiger partial charge in [-0.05, 0) is 34.8 Å². The van der Waals surface area contributed by atoms with Crippen LogP contribution in [-0.2, 0) is 0 Å². The molecule has 0 aliphatic carbocycles. The summed E-state index contributed by atoms with van der Waals surface area (Å²) in [4.78, 5) is 8.20. The Morgan fingerprint density at radius 3 is 2.12 bits per heavy atom. The highest BCUT2D eigenvalue weighted by atomic mass is 28.3. The van der Waals surface area contributed by atoms with Gasteiger partial charge in [0.15, 0.2) is 0 Å². The third kappa shape index (κ3) is 3.00. The first-order chi connectivity index (χ1) is 11.9. The molecule has 0 aliphatic rings. The number of H-pyrrole nitrogens is 1. The molecule has 0 saturated carbocycles. The van der Waals surface area contributed by atoms with Gasteiger partial charge in [0, 0.05) is 16.3 Å². The van der Waals surface area contributed by atoms with Gasteiger partial charge in [-0.15, -0.1) is 5.54 Å². The van der Waals surface area contributed by atoms with Crippen LogP contribution < -0.4 is 0 Å². The van der Waals surface area contributed by atoms with Crippen molar-refractivity contribution in [3.63, 3.8) is 0 Å². The van der Waals surface area contributed by atoms with Crippen LogP contribution >= 0.6 is 0 Å². The molecule has 0 saturated heterocycles. The lowest BCUT2D eigenvalue weighted by atomic mass is 10.2. The van der Waals surface area contributed by atoms with Crippen LogP contribution in [0.3, 0.4) is 0 Å². The maximum absolute atomic E-state index is 4.79.